The molecule has 0 unspecified atom stereocenters. The van der Waals surface area contributed by atoms with Crippen molar-refractivity contribution < 1.29 is 4.74 Å². The fourth-order valence-electron chi connectivity index (χ4n) is 13.3. The van der Waals surface area contributed by atoms with Crippen LogP contribution in [0, 0.1) is 50.7 Å². The normalized spacial score (nSPS) is 46.1. The highest BCUT2D eigenvalue weighted by Gasteiger charge is 2.73. The van der Waals surface area contributed by atoms with Gasteiger partial charge in [0.25, 0.3) is 0 Å². The van der Waals surface area contributed by atoms with Crippen LogP contribution in [0.15, 0.2) is 24.3 Å². The molecule has 1 saturated heterocycles. The van der Waals surface area contributed by atoms with E-state index in [0.29, 0.717) is 33.7 Å². The van der Waals surface area contributed by atoms with E-state index in [-0.39, 0.29) is 10.8 Å². The smallest absolute Gasteiger partial charge is 0.0870 e. The van der Waals surface area contributed by atoms with Crippen molar-refractivity contribution in [3.8, 4) is 0 Å². The monoisotopic (exact) mass is 589 g/mol. The zero-order valence-corrected chi connectivity index (χ0v) is 27.9. The Balaban J connectivity index is 1.15. The molecular weight excluding hydrogens is 538 g/mol. The summed E-state index contributed by atoms with van der Waals surface area (Å²) >= 11 is 6.19. The lowest BCUT2D eigenvalue weighted by Crippen LogP contribution is -2.67. The van der Waals surface area contributed by atoms with E-state index >= 15 is 0 Å². The summed E-state index contributed by atoms with van der Waals surface area (Å²) in [6.45, 7) is 20.0. The molecule has 228 valence electrons. The molecule has 0 radical (unpaired) electrons. The molecule has 5 fully saturated rings. The molecule has 1 aromatic carbocycles. The van der Waals surface area contributed by atoms with Gasteiger partial charge in [0, 0.05) is 10.4 Å². The number of rotatable bonds is 2. The van der Waals surface area contributed by atoms with Crippen LogP contribution < -0.4 is 0 Å². The van der Waals surface area contributed by atoms with Gasteiger partial charge in [0.2, 0.25) is 0 Å². The molecule has 6 aliphatic rings. The van der Waals surface area contributed by atoms with Gasteiger partial charge in [0.15, 0.2) is 0 Å². The first-order valence-corrected chi connectivity index (χ1v) is 17.4. The van der Waals surface area contributed by atoms with Crippen molar-refractivity contribution in [3.63, 3.8) is 0 Å². The molecule has 2 heterocycles. The summed E-state index contributed by atoms with van der Waals surface area (Å²) in [5.74, 6) is 2.92. The van der Waals surface area contributed by atoms with Gasteiger partial charge in [-0.25, -0.2) is 4.68 Å². The third kappa shape index (κ3) is 3.41. The third-order valence-corrected chi connectivity index (χ3v) is 15.7. The first kappa shape index (κ1) is 28.1. The summed E-state index contributed by atoms with van der Waals surface area (Å²) in [5, 5.41) is 10.5. The zero-order valence-electron chi connectivity index (χ0n) is 27.1. The van der Waals surface area contributed by atoms with E-state index < -0.39 is 0 Å². The van der Waals surface area contributed by atoms with Crippen molar-refractivity contribution in [2.75, 3.05) is 6.61 Å². The number of hydrogen-bond acceptors (Lipinski definition) is 3. The molecule has 42 heavy (non-hydrogen) atoms. The van der Waals surface area contributed by atoms with Gasteiger partial charge in [-0.2, -0.15) is 0 Å². The lowest BCUT2D eigenvalue weighted by Gasteiger charge is -2.72. The minimum atomic E-state index is 0.0360. The van der Waals surface area contributed by atoms with E-state index in [1.54, 1.807) is 0 Å². The Morgan fingerprint density at radius 1 is 0.857 bits per heavy atom. The van der Waals surface area contributed by atoms with E-state index in [4.69, 9.17) is 26.6 Å². The predicted octanol–water partition coefficient (Wildman–Crippen LogP) is 8.88. The van der Waals surface area contributed by atoms with Crippen LogP contribution in [0.4, 0.5) is 0 Å². The first-order chi connectivity index (χ1) is 19.8. The molecular formula is C37H52ClN3O. The highest BCUT2D eigenvalue weighted by atomic mass is 35.5. The maximum absolute atomic E-state index is 6.79. The maximum atomic E-state index is 6.79. The molecule has 2 aromatic rings. The number of ether oxygens (including phenoxy) is 1. The fourth-order valence-corrected chi connectivity index (χ4v) is 13.5. The minimum absolute atomic E-state index is 0.0360. The number of aromatic nitrogens is 3. The molecule has 8 rings (SSSR count). The average molecular weight is 590 g/mol. The summed E-state index contributed by atoms with van der Waals surface area (Å²) in [6, 6.07) is 8.22. The van der Waals surface area contributed by atoms with Crippen LogP contribution in [0.3, 0.4) is 0 Å². The molecule has 5 heteroatoms. The maximum Gasteiger partial charge on any atom is 0.0870 e. The molecule has 0 N–H and O–H groups in total. The second kappa shape index (κ2) is 8.65. The van der Waals surface area contributed by atoms with Crippen molar-refractivity contribution in [2.24, 2.45) is 50.7 Å². The summed E-state index contributed by atoms with van der Waals surface area (Å²) in [7, 11) is 0. The SMILES string of the molecule is CC1(C)CC[C@]23CC[C@]4(C)[C@H](CC[C@@H]5[C@@]6(C)Cc7nnn(Cc8ccc(Cl)cc8)c7C(C)(C)[C@@H]6CC[C@]54C)[C@H]2[C@H]1OC3. The van der Waals surface area contributed by atoms with Gasteiger partial charge in [-0.1, -0.05) is 77.4 Å². The van der Waals surface area contributed by atoms with Crippen LogP contribution in [-0.2, 0) is 23.1 Å². The van der Waals surface area contributed by atoms with E-state index in [1.165, 1.54) is 68.3 Å². The van der Waals surface area contributed by atoms with E-state index in [1.807, 2.05) is 12.1 Å². The van der Waals surface area contributed by atoms with Gasteiger partial charge in [-0.3, -0.25) is 0 Å². The minimum Gasteiger partial charge on any atom is -0.377 e. The van der Waals surface area contributed by atoms with Crippen molar-refractivity contribution >= 4 is 11.6 Å². The number of halogens is 1. The van der Waals surface area contributed by atoms with Crippen molar-refractivity contribution in [1.29, 1.82) is 0 Å². The summed E-state index contributed by atoms with van der Waals surface area (Å²) < 4.78 is 9.01. The molecule has 9 atom stereocenters. The Morgan fingerprint density at radius 3 is 2.36 bits per heavy atom. The van der Waals surface area contributed by atoms with Crippen LogP contribution in [-0.4, -0.2) is 27.7 Å². The fraction of sp³-hybridized carbons (Fsp3) is 0.784. The largest absolute Gasteiger partial charge is 0.377 e. The Labute approximate surface area is 258 Å². The average Bonchev–Trinajstić information content (AvgIpc) is 3.48. The topological polar surface area (TPSA) is 39.9 Å². The number of hydrogen-bond donors (Lipinski definition) is 0. The predicted molar refractivity (Wildman–Crippen MR) is 168 cm³/mol. The van der Waals surface area contributed by atoms with Gasteiger partial charge in [-0.15, -0.1) is 5.10 Å². The van der Waals surface area contributed by atoms with Crippen LogP contribution in [0.5, 0.6) is 0 Å². The van der Waals surface area contributed by atoms with Crippen LogP contribution in [0.1, 0.15) is 117 Å². The first-order valence-electron chi connectivity index (χ1n) is 17.0. The van der Waals surface area contributed by atoms with E-state index in [9.17, 15) is 0 Å². The van der Waals surface area contributed by atoms with Crippen molar-refractivity contribution in [2.45, 2.75) is 124 Å². The quantitative estimate of drug-likeness (QED) is 0.351. The Kier molecular flexibility index (Phi) is 5.79. The van der Waals surface area contributed by atoms with E-state index in [0.717, 1.165) is 42.3 Å². The van der Waals surface area contributed by atoms with Crippen molar-refractivity contribution in [3.05, 3.63) is 46.2 Å². The van der Waals surface area contributed by atoms with Crippen LogP contribution >= 0.6 is 11.6 Å². The van der Waals surface area contributed by atoms with Crippen LogP contribution in [0.2, 0.25) is 5.02 Å². The Morgan fingerprint density at radius 2 is 1.60 bits per heavy atom. The molecule has 0 amide bonds. The summed E-state index contributed by atoms with van der Waals surface area (Å²) in [4.78, 5) is 0. The highest BCUT2D eigenvalue weighted by Crippen LogP contribution is 2.77. The molecule has 1 aliphatic heterocycles. The highest BCUT2D eigenvalue weighted by molar-refractivity contribution is 6.30. The number of benzene rings is 1. The van der Waals surface area contributed by atoms with Gasteiger partial charge in [0.05, 0.1) is 30.6 Å². The van der Waals surface area contributed by atoms with Gasteiger partial charge in [0.1, 0.15) is 0 Å². The lowest BCUT2D eigenvalue weighted by atomic mass is 9.31. The molecule has 1 aromatic heterocycles. The number of fused-ring (bicyclic) bond motifs is 6. The zero-order chi connectivity index (χ0) is 29.5. The van der Waals surface area contributed by atoms with Gasteiger partial charge < -0.3 is 4.74 Å². The second-order valence-electron chi connectivity index (χ2n) is 17.8. The summed E-state index contributed by atoms with van der Waals surface area (Å²) in [5.41, 5.74) is 5.66. The van der Waals surface area contributed by atoms with Crippen LogP contribution in [0.25, 0.3) is 0 Å². The molecule has 2 bridgehead atoms. The van der Waals surface area contributed by atoms with E-state index in [2.05, 4.69) is 65.3 Å². The Hall–Kier alpha value is -1.39. The summed E-state index contributed by atoms with van der Waals surface area (Å²) in [6.07, 6.45) is 12.5. The molecule has 4 nitrogen and oxygen atoms in total. The molecule has 4 saturated carbocycles. The lowest BCUT2D eigenvalue weighted by molar-refractivity contribution is -0.233. The number of nitrogens with zero attached hydrogens (tertiary/aromatic N) is 3. The molecule has 5 aliphatic carbocycles. The standard InChI is InChI=1S/C37H52ClN3O/c1-32(2)16-18-37-19-17-35(6)25(29(37)31(32)42-22-37)12-13-28-34(5)20-26-30(33(3,4)27(34)14-15-36(28,35)7)41(40-39-26)21-23-8-10-24(38)11-9-23/h8-11,25,27-29,31H,12-22H2,1-7H3/t25-,27+,28-,29+,31-,34+,35-,36-,37-/m1/s1. The van der Waals surface area contributed by atoms with Gasteiger partial charge in [-0.05, 0) is 126 Å². The molecule has 0 spiro atoms. The Bertz CT molecular complexity index is 1410. The van der Waals surface area contributed by atoms with Gasteiger partial charge >= 0.3 is 0 Å². The van der Waals surface area contributed by atoms with Crippen molar-refractivity contribution in [1.82, 2.24) is 15.0 Å². The second-order valence-corrected chi connectivity index (χ2v) is 18.3. The third-order valence-electron chi connectivity index (χ3n) is 15.5.